The van der Waals surface area contributed by atoms with Crippen LogP contribution in [0, 0.1) is 10.1 Å². The number of hydrogen-bond acceptors (Lipinski definition) is 4. The largest absolute Gasteiger partial charge is 0.481 e. The molecule has 0 saturated carbocycles. The van der Waals surface area contributed by atoms with E-state index >= 15 is 0 Å². The van der Waals surface area contributed by atoms with Crippen molar-refractivity contribution in [2.24, 2.45) is 0 Å². The number of hydrogen-bond donors (Lipinski definition) is 1. The van der Waals surface area contributed by atoms with Crippen molar-refractivity contribution in [3.8, 4) is 5.75 Å². The molecule has 1 N–H and O–H groups in total. The maximum absolute atomic E-state index is 12.2. The number of nitro benzene ring substituents is 1. The van der Waals surface area contributed by atoms with Gasteiger partial charge in [-0.3, -0.25) is 14.9 Å². The van der Waals surface area contributed by atoms with E-state index in [4.69, 9.17) is 16.3 Å². The molecule has 0 spiro atoms. The monoisotopic (exact) mass is 348 g/mol. The molecule has 0 bridgehead atoms. The highest BCUT2D eigenvalue weighted by Gasteiger charge is 2.18. The summed E-state index contributed by atoms with van der Waals surface area (Å²) < 4.78 is 5.62. The molecule has 7 heteroatoms. The van der Waals surface area contributed by atoms with Gasteiger partial charge in [0.25, 0.3) is 11.6 Å². The van der Waals surface area contributed by atoms with E-state index in [0.717, 1.165) is 12.0 Å². The highest BCUT2D eigenvalue weighted by atomic mass is 35.5. The molecule has 0 heterocycles. The Morgan fingerprint density at radius 1 is 1.33 bits per heavy atom. The lowest BCUT2D eigenvalue weighted by atomic mass is 10.2. The normalized spacial score (nSPS) is 11.6. The Hall–Kier alpha value is -2.60. The molecule has 1 unspecified atom stereocenters. The van der Waals surface area contributed by atoms with Crippen molar-refractivity contribution in [3.63, 3.8) is 0 Å². The molecular weight excluding hydrogens is 332 g/mol. The van der Waals surface area contributed by atoms with Gasteiger partial charge in [-0.1, -0.05) is 30.7 Å². The van der Waals surface area contributed by atoms with Gasteiger partial charge in [0.15, 0.2) is 6.10 Å². The Kier molecular flexibility index (Phi) is 5.76. The lowest BCUT2D eigenvalue weighted by Gasteiger charge is -2.15. The maximum Gasteiger partial charge on any atom is 0.289 e. The molecule has 24 heavy (non-hydrogen) atoms. The molecule has 0 saturated heterocycles. The smallest absolute Gasteiger partial charge is 0.289 e. The number of carbonyl (C=O) groups excluding carboxylic acids is 1. The molecule has 0 fully saturated rings. The van der Waals surface area contributed by atoms with Crippen molar-refractivity contribution in [2.75, 3.05) is 5.32 Å². The Labute approximate surface area is 144 Å². The average molecular weight is 349 g/mol. The second-order valence-electron chi connectivity index (χ2n) is 5.17. The molecule has 0 aliphatic heterocycles. The minimum Gasteiger partial charge on any atom is -0.481 e. The van der Waals surface area contributed by atoms with Crippen LogP contribution < -0.4 is 10.1 Å². The first-order valence-corrected chi connectivity index (χ1v) is 7.79. The minimum atomic E-state index is -0.758. The molecule has 2 aromatic rings. The number of anilines is 1. The molecule has 0 aliphatic rings. The van der Waals surface area contributed by atoms with E-state index in [9.17, 15) is 14.9 Å². The first-order chi connectivity index (χ1) is 11.4. The third-order valence-corrected chi connectivity index (χ3v) is 3.72. The first kappa shape index (κ1) is 17.7. The zero-order valence-corrected chi connectivity index (χ0v) is 14.0. The van der Waals surface area contributed by atoms with Gasteiger partial charge in [0.1, 0.15) is 10.8 Å². The van der Waals surface area contributed by atoms with Crippen molar-refractivity contribution in [2.45, 2.75) is 26.4 Å². The molecule has 6 nitrogen and oxygen atoms in total. The van der Waals surface area contributed by atoms with Gasteiger partial charge in [-0.05, 0) is 43.2 Å². The van der Waals surface area contributed by atoms with Crippen LogP contribution in [0.1, 0.15) is 19.4 Å². The van der Waals surface area contributed by atoms with Crippen LogP contribution in [-0.4, -0.2) is 16.9 Å². The summed E-state index contributed by atoms with van der Waals surface area (Å²) >= 11 is 5.75. The van der Waals surface area contributed by atoms with E-state index in [1.54, 1.807) is 13.0 Å². The standard InChI is InChI=1S/C17H17ClN2O4/c1-3-12-5-4-6-14(9-12)24-11(2)17(21)19-13-7-8-15(18)16(10-13)20(22)23/h4-11H,3H2,1-2H3,(H,19,21). The van der Waals surface area contributed by atoms with E-state index in [0.29, 0.717) is 5.75 Å². The summed E-state index contributed by atoms with van der Waals surface area (Å²) in [6.07, 6.45) is 0.110. The summed E-state index contributed by atoms with van der Waals surface area (Å²) in [6, 6.07) is 11.6. The second kappa shape index (κ2) is 7.79. The van der Waals surface area contributed by atoms with Crippen molar-refractivity contribution in [1.82, 2.24) is 0 Å². The molecule has 126 valence electrons. The maximum atomic E-state index is 12.2. The zero-order valence-electron chi connectivity index (χ0n) is 13.3. The fourth-order valence-corrected chi connectivity index (χ4v) is 2.26. The van der Waals surface area contributed by atoms with E-state index < -0.39 is 16.9 Å². The van der Waals surface area contributed by atoms with E-state index in [2.05, 4.69) is 5.32 Å². The van der Waals surface area contributed by atoms with Gasteiger partial charge in [0.05, 0.1) is 4.92 Å². The van der Waals surface area contributed by atoms with Crippen molar-refractivity contribution < 1.29 is 14.5 Å². The number of halogens is 1. The number of amides is 1. The van der Waals surface area contributed by atoms with Crippen molar-refractivity contribution in [1.29, 1.82) is 0 Å². The summed E-state index contributed by atoms with van der Waals surface area (Å²) in [5.41, 5.74) is 1.13. The SMILES string of the molecule is CCc1cccc(OC(C)C(=O)Nc2ccc(Cl)c([N+](=O)[O-])c2)c1. The van der Waals surface area contributed by atoms with E-state index in [1.807, 2.05) is 25.1 Å². The van der Waals surface area contributed by atoms with E-state index in [1.165, 1.54) is 18.2 Å². The summed E-state index contributed by atoms with van der Waals surface area (Å²) in [5, 5.41) is 13.5. The molecule has 0 aromatic heterocycles. The number of nitrogens with zero attached hydrogens (tertiary/aromatic N) is 1. The summed E-state index contributed by atoms with van der Waals surface area (Å²) in [7, 11) is 0. The Morgan fingerprint density at radius 3 is 2.75 bits per heavy atom. The van der Waals surface area contributed by atoms with Gasteiger partial charge in [-0.2, -0.15) is 0 Å². The van der Waals surface area contributed by atoms with Gasteiger partial charge in [0.2, 0.25) is 0 Å². The highest BCUT2D eigenvalue weighted by Crippen LogP contribution is 2.27. The minimum absolute atomic E-state index is 0.0127. The molecular formula is C17H17ClN2O4. The predicted octanol–water partition coefficient (Wildman–Crippen LogP) is 4.22. The van der Waals surface area contributed by atoms with Crippen LogP contribution in [0.4, 0.5) is 11.4 Å². The number of nitro groups is 1. The lowest BCUT2D eigenvalue weighted by Crippen LogP contribution is -2.30. The first-order valence-electron chi connectivity index (χ1n) is 7.41. The highest BCUT2D eigenvalue weighted by molar-refractivity contribution is 6.32. The summed E-state index contributed by atoms with van der Waals surface area (Å²) in [4.78, 5) is 22.5. The fourth-order valence-electron chi connectivity index (χ4n) is 2.07. The molecule has 0 aliphatic carbocycles. The summed E-state index contributed by atoms with van der Waals surface area (Å²) in [6.45, 7) is 3.64. The van der Waals surface area contributed by atoms with Gasteiger partial charge < -0.3 is 10.1 Å². The van der Waals surface area contributed by atoms with Gasteiger partial charge >= 0.3 is 0 Å². The summed E-state index contributed by atoms with van der Waals surface area (Å²) in [5.74, 6) is 0.188. The molecule has 2 rings (SSSR count). The van der Waals surface area contributed by atoms with Crippen molar-refractivity contribution >= 4 is 28.9 Å². The molecule has 1 amide bonds. The van der Waals surface area contributed by atoms with Crippen LogP contribution in [0.15, 0.2) is 42.5 Å². The number of ether oxygens (including phenoxy) is 1. The third-order valence-electron chi connectivity index (χ3n) is 3.40. The predicted molar refractivity (Wildman–Crippen MR) is 92.6 cm³/mol. The lowest BCUT2D eigenvalue weighted by molar-refractivity contribution is -0.384. The Bertz CT molecular complexity index is 764. The third kappa shape index (κ3) is 4.45. The molecule has 0 radical (unpaired) electrons. The van der Waals surface area contributed by atoms with Crippen LogP contribution in [0.25, 0.3) is 0 Å². The quantitative estimate of drug-likeness (QED) is 0.626. The van der Waals surface area contributed by atoms with Gasteiger partial charge in [0, 0.05) is 11.8 Å². The van der Waals surface area contributed by atoms with Gasteiger partial charge in [-0.15, -0.1) is 0 Å². The Balaban J connectivity index is 2.06. The number of aryl methyl sites for hydroxylation is 1. The number of carbonyl (C=O) groups is 1. The average Bonchev–Trinajstić information content (AvgIpc) is 2.56. The van der Waals surface area contributed by atoms with Crippen LogP contribution in [-0.2, 0) is 11.2 Å². The second-order valence-corrected chi connectivity index (χ2v) is 5.58. The molecule has 1 atom stereocenters. The number of rotatable bonds is 6. The van der Waals surface area contributed by atoms with Crippen LogP contribution >= 0.6 is 11.6 Å². The van der Waals surface area contributed by atoms with Gasteiger partial charge in [-0.25, -0.2) is 0 Å². The van der Waals surface area contributed by atoms with Crippen LogP contribution in [0.2, 0.25) is 5.02 Å². The molecule has 2 aromatic carbocycles. The topological polar surface area (TPSA) is 81.5 Å². The van der Waals surface area contributed by atoms with E-state index in [-0.39, 0.29) is 16.4 Å². The Morgan fingerprint density at radius 2 is 2.08 bits per heavy atom. The zero-order chi connectivity index (χ0) is 17.7. The number of benzene rings is 2. The number of nitrogens with one attached hydrogen (secondary N) is 1. The fraction of sp³-hybridized carbons (Fsp3) is 0.235. The van der Waals surface area contributed by atoms with Crippen molar-refractivity contribution in [3.05, 3.63) is 63.2 Å². The van der Waals surface area contributed by atoms with Crippen LogP contribution in [0.5, 0.6) is 5.75 Å². The van der Waals surface area contributed by atoms with Crippen LogP contribution in [0.3, 0.4) is 0 Å².